The Kier molecular flexibility index (Phi) is 4.90. The number of aromatic carboxylic acids is 1. The number of hydrogen-bond acceptors (Lipinski definition) is 5. The summed E-state index contributed by atoms with van der Waals surface area (Å²) in [6, 6.07) is 17.4. The Morgan fingerprint density at radius 1 is 1.04 bits per heavy atom. The van der Waals surface area contributed by atoms with Gasteiger partial charge in [0.15, 0.2) is 11.6 Å². The average molecular weight is 353 g/mol. The highest BCUT2D eigenvalue weighted by atomic mass is 32.1. The number of aromatic nitrogens is 1. The maximum atomic E-state index is 12.1. The number of nitrogens with zero attached hydrogens (tertiary/aromatic N) is 1. The number of carbonyl (C=O) groups excluding carboxylic acids is 1. The Morgan fingerprint density at radius 3 is 2.28 bits per heavy atom. The number of carbonyl (C=O) groups is 2. The van der Waals surface area contributed by atoms with Gasteiger partial charge in [-0.1, -0.05) is 42.5 Å². The molecule has 5 nitrogen and oxygen atoms in total. The molecular formula is C19H15NO4S. The van der Waals surface area contributed by atoms with E-state index in [4.69, 9.17) is 9.84 Å². The van der Waals surface area contributed by atoms with Crippen LogP contribution in [-0.4, -0.2) is 28.4 Å². The van der Waals surface area contributed by atoms with Crippen molar-refractivity contribution in [3.63, 3.8) is 0 Å². The second-order valence-electron chi connectivity index (χ2n) is 5.34. The van der Waals surface area contributed by atoms with Gasteiger partial charge in [0.05, 0.1) is 5.69 Å². The molecule has 0 saturated carbocycles. The predicted octanol–water partition coefficient (Wildman–Crippen LogP) is 4.08. The first-order valence-electron chi connectivity index (χ1n) is 7.57. The second kappa shape index (κ2) is 7.27. The van der Waals surface area contributed by atoms with Crippen molar-refractivity contribution in [3.05, 3.63) is 70.2 Å². The number of Topliss-reactive ketones (excluding diaryl/α,β-unsaturated/α-hetero) is 1. The summed E-state index contributed by atoms with van der Waals surface area (Å²) in [6.45, 7) is 1.39. The largest absolute Gasteiger partial charge is 0.485 e. The molecule has 0 aliphatic heterocycles. The highest BCUT2D eigenvalue weighted by Crippen LogP contribution is 2.23. The van der Waals surface area contributed by atoms with Crippen molar-refractivity contribution in [1.29, 1.82) is 0 Å². The van der Waals surface area contributed by atoms with Gasteiger partial charge < -0.3 is 9.84 Å². The van der Waals surface area contributed by atoms with Gasteiger partial charge in [-0.2, -0.15) is 0 Å². The van der Waals surface area contributed by atoms with Crippen LogP contribution in [0.1, 0.15) is 25.2 Å². The topological polar surface area (TPSA) is 76.5 Å². The van der Waals surface area contributed by atoms with E-state index >= 15 is 0 Å². The maximum absolute atomic E-state index is 12.1. The predicted molar refractivity (Wildman–Crippen MR) is 95.5 cm³/mol. The Morgan fingerprint density at radius 2 is 1.68 bits per heavy atom. The van der Waals surface area contributed by atoms with Crippen LogP contribution in [0.5, 0.6) is 5.75 Å². The average Bonchev–Trinajstić information content (AvgIpc) is 3.03. The van der Waals surface area contributed by atoms with Gasteiger partial charge in [-0.15, -0.1) is 11.3 Å². The number of hydrogen-bond donors (Lipinski definition) is 1. The van der Waals surface area contributed by atoms with E-state index in [9.17, 15) is 9.59 Å². The summed E-state index contributed by atoms with van der Waals surface area (Å²) < 4.78 is 5.49. The standard InChI is InChI=1S/C19H15NO4S/c1-12-17(19(22)23)25-18(20-12)16(21)11-24-15-9-7-14(8-10-15)13-5-3-2-4-6-13/h2-10H,11H2,1H3,(H,22,23). The van der Waals surface area contributed by atoms with Crippen molar-refractivity contribution in [1.82, 2.24) is 4.98 Å². The van der Waals surface area contributed by atoms with Gasteiger partial charge in [0.25, 0.3) is 0 Å². The molecule has 6 heteroatoms. The van der Waals surface area contributed by atoms with Gasteiger partial charge in [-0.25, -0.2) is 9.78 Å². The molecular weight excluding hydrogens is 338 g/mol. The van der Waals surface area contributed by atoms with Crippen LogP contribution in [0.3, 0.4) is 0 Å². The van der Waals surface area contributed by atoms with Crippen LogP contribution in [0.2, 0.25) is 0 Å². The quantitative estimate of drug-likeness (QED) is 0.676. The highest BCUT2D eigenvalue weighted by Gasteiger charge is 2.19. The lowest BCUT2D eigenvalue weighted by Gasteiger charge is -2.06. The number of ether oxygens (including phenoxy) is 1. The van der Waals surface area contributed by atoms with E-state index < -0.39 is 5.97 Å². The SMILES string of the molecule is Cc1nc(C(=O)COc2ccc(-c3ccccc3)cc2)sc1C(=O)O. The fraction of sp³-hybridized carbons (Fsp3) is 0.105. The van der Waals surface area contributed by atoms with Gasteiger partial charge in [0, 0.05) is 0 Å². The van der Waals surface area contributed by atoms with Gasteiger partial charge in [0.1, 0.15) is 10.6 Å². The lowest BCUT2D eigenvalue weighted by atomic mass is 10.1. The molecule has 0 unspecified atom stereocenters. The molecule has 0 amide bonds. The molecule has 1 aromatic heterocycles. The van der Waals surface area contributed by atoms with Crippen molar-refractivity contribution in [2.75, 3.05) is 6.61 Å². The third-order valence-corrected chi connectivity index (χ3v) is 4.75. The highest BCUT2D eigenvalue weighted by molar-refractivity contribution is 7.15. The maximum Gasteiger partial charge on any atom is 0.347 e. The Labute approximate surface area is 148 Å². The van der Waals surface area contributed by atoms with Crippen molar-refractivity contribution in [3.8, 4) is 16.9 Å². The summed E-state index contributed by atoms with van der Waals surface area (Å²) in [4.78, 5) is 27.2. The lowest BCUT2D eigenvalue weighted by Crippen LogP contribution is -2.11. The van der Waals surface area contributed by atoms with E-state index in [1.807, 2.05) is 42.5 Å². The third-order valence-electron chi connectivity index (χ3n) is 3.56. The molecule has 0 saturated heterocycles. The third kappa shape index (κ3) is 3.92. The van der Waals surface area contributed by atoms with Crippen LogP contribution in [0.4, 0.5) is 0 Å². The van der Waals surface area contributed by atoms with Crippen LogP contribution in [-0.2, 0) is 0 Å². The molecule has 0 aliphatic rings. The number of thiazole rings is 1. The number of benzene rings is 2. The molecule has 0 atom stereocenters. The Bertz CT molecular complexity index is 901. The van der Waals surface area contributed by atoms with Gasteiger partial charge >= 0.3 is 5.97 Å². The normalized spacial score (nSPS) is 10.4. The van der Waals surface area contributed by atoms with Crippen LogP contribution in [0.25, 0.3) is 11.1 Å². The molecule has 0 fully saturated rings. The monoisotopic (exact) mass is 353 g/mol. The van der Waals surface area contributed by atoms with E-state index in [1.54, 1.807) is 19.1 Å². The fourth-order valence-corrected chi connectivity index (χ4v) is 3.13. The number of aryl methyl sites for hydroxylation is 1. The molecule has 1 N–H and O–H groups in total. The van der Waals surface area contributed by atoms with Crippen LogP contribution >= 0.6 is 11.3 Å². The first kappa shape index (κ1) is 16.9. The van der Waals surface area contributed by atoms with Crippen molar-refractivity contribution in [2.24, 2.45) is 0 Å². The van der Waals surface area contributed by atoms with Crippen LogP contribution in [0, 0.1) is 6.92 Å². The van der Waals surface area contributed by atoms with E-state index in [1.165, 1.54) is 0 Å². The molecule has 3 aromatic rings. The van der Waals surface area contributed by atoms with Crippen molar-refractivity contribution >= 4 is 23.1 Å². The summed E-state index contributed by atoms with van der Waals surface area (Å²) in [6.07, 6.45) is 0. The molecule has 0 spiro atoms. The lowest BCUT2D eigenvalue weighted by molar-refractivity contribution is 0.0701. The van der Waals surface area contributed by atoms with Crippen LogP contribution in [0.15, 0.2) is 54.6 Å². The molecule has 1 heterocycles. The fourth-order valence-electron chi connectivity index (χ4n) is 2.30. The van der Waals surface area contributed by atoms with Gasteiger partial charge in [0.2, 0.25) is 5.78 Å². The van der Waals surface area contributed by atoms with Gasteiger partial charge in [-0.3, -0.25) is 4.79 Å². The molecule has 0 radical (unpaired) electrons. The smallest absolute Gasteiger partial charge is 0.347 e. The molecule has 126 valence electrons. The zero-order valence-electron chi connectivity index (χ0n) is 13.4. The first-order chi connectivity index (χ1) is 12.0. The minimum Gasteiger partial charge on any atom is -0.485 e. The minimum absolute atomic E-state index is 0.0792. The van der Waals surface area contributed by atoms with Crippen molar-refractivity contribution < 1.29 is 19.4 Å². The van der Waals surface area contributed by atoms with Crippen LogP contribution < -0.4 is 4.74 Å². The minimum atomic E-state index is -1.08. The summed E-state index contributed by atoms with van der Waals surface area (Å²) >= 11 is 0.870. The van der Waals surface area contributed by atoms with E-state index in [-0.39, 0.29) is 22.3 Å². The summed E-state index contributed by atoms with van der Waals surface area (Å²) in [5.41, 5.74) is 2.50. The van der Waals surface area contributed by atoms with Crippen molar-refractivity contribution in [2.45, 2.75) is 6.92 Å². The second-order valence-corrected chi connectivity index (χ2v) is 6.34. The Hall–Kier alpha value is -2.99. The number of ketones is 1. The Balaban J connectivity index is 1.64. The van der Waals surface area contributed by atoms with E-state index in [2.05, 4.69) is 4.98 Å². The van der Waals surface area contributed by atoms with Gasteiger partial charge in [-0.05, 0) is 30.2 Å². The number of rotatable bonds is 6. The number of carboxylic acid groups (broad SMARTS) is 1. The van der Waals surface area contributed by atoms with E-state index in [0.717, 1.165) is 22.5 Å². The zero-order valence-corrected chi connectivity index (χ0v) is 14.2. The first-order valence-corrected chi connectivity index (χ1v) is 8.38. The number of carboxylic acids is 1. The molecule has 3 rings (SSSR count). The molecule has 0 aliphatic carbocycles. The molecule has 0 bridgehead atoms. The zero-order chi connectivity index (χ0) is 17.8. The molecule has 2 aromatic carbocycles. The summed E-state index contributed by atoms with van der Waals surface area (Å²) in [7, 11) is 0. The summed E-state index contributed by atoms with van der Waals surface area (Å²) in [5, 5.41) is 9.17. The summed E-state index contributed by atoms with van der Waals surface area (Å²) in [5.74, 6) is -0.848. The molecule has 25 heavy (non-hydrogen) atoms. The van der Waals surface area contributed by atoms with E-state index in [0.29, 0.717) is 11.4 Å².